The summed E-state index contributed by atoms with van der Waals surface area (Å²) in [6.45, 7) is 3.45. The predicted octanol–water partition coefficient (Wildman–Crippen LogP) is 4.03. The van der Waals surface area contributed by atoms with Gasteiger partial charge in [-0.05, 0) is 69.2 Å². The van der Waals surface area contributed by atoms with Gasteiger partial charge in [0.15, 0.2) is 0 Å². The number of hydrogen-bond donors (Lipinski definition) is 1. The Hall–Kier alpha value is 0.01000. The quantitative estimate of drug-likeness (QED) is 0.783. The lowest BCUT2D eigenvalue weighted by Gasteiger charge is -2.11. The summed E-state index contributed by atoms with van der Waals surface area (Å²) < 4.78 is 0. The average Bonchev–Trinajstić information content (AvgIpc) is 2.78. The zero-order valence-corrected chi connectivity index (χ0v) is 12.6. The maximum Gasteiger partial charge on any atom is 0.0386 e. The smallest absolute Gasteiger partial charge is 0.0386 e. The number of thiophene rings is 1. The van der Waals surface area contributed by atoms with Crippen molar-refractivity contribution >= 4 is 23.1 Å². The summed E-state index contributed by atoms with van der Waals surface area (Å²) in [6.07, 6.45) is 8.86. The van der Waals surface area contributed by atoms with Crippen molar-refractivity contribution in [1.29, 1.82) is 0 Å². The van der Waals surface area contributed by atoms with Crippen LogP contribution in [0.1, 0.15) is 47.5 Å². The van der Waals surface area contributed by atoms with Crippen molar-refractivity contribution in [3.05, 3.63) is 21.4 Å². The largest absolute Gasteiger partial charge is 0.309 e. The van der Waals surface area contributed by atoms with Crippen LogP contribution in [0.25, 0.3) is 0 Å². The van der Waals surface area contributed by atoms with Crippen molar-refractivity contribution in [3.63, 3.8) is 0 Å². The van der Waals surface area contributed by atoms with Crippen LogP contribution in [0.15, 0.2) is 6.07 Å². The van der Waals surface area contributed by atoms with Crippen LogP contribution in [0, 0.1) is 0 Å². The lowest BCUT2D eigenvalue weighted by Crippen LogP contribution is -2.19. The molecule has 96 valence electrons. The summed E-state index contributed by atoms with van der Waals surface area (Å²) >= 11 is 3.97. The Bertz CT molecular complexity index is 322. The minimum Gasteiger partial charge on any atom is -0.309 e. The van der Waals surface area contributed by atoms with E-state index in [0.717, 1.165) is 6.54 Å². The van der Waals surface area contributed by atoms with Gasteiger partial charge in [0.2, 0.25) is 0 Å². The van der Waals surface area contributed by atoms with Crippen molar-refractivity contribution in [3.8, 4) is 0 Å². The molecule has 0 saturated heterocycles. The second kappa shape index (κ2) is 6.81. The van der Waals surface area contributed by atoms with E-state index < -0.39 is 0 Å². The Morgan fingerprint density at radius 1 is 1.41 bits per heavy atom. The lowest BCUT2D eigenvalue weighted by atomic mass is 9.99. The first-order valence-corrected chi connectivity index (χ1v) is 8.86. The van der Waals surface area contributed by atoms with Crippen molar-refractivity contribution in [2.45, 2.75) is 45.1 Å². The molecule has 0 radical (unpaired) electrons. The number of rotatable bonds is 6. The van der Waals surface area contributed by atoms with Gasteiger partial charge < -0.3 is 5.32 Å². The first-order valence-electron chi connectivity index (χ1n) is 6.65. The zero-order valence-electron chi connectivity index (χ0n) is 10.9. The van der Waals surface area contributed by atoms with Crippen molar-refractivity contribution in [2.75, 3.05) is 18.6 Å². The summed E-state index contributed by atoms with van der Waals surface area (Å²) in [5.74, 6) is 1.26. The fourth-order valence-corrected chi connectivity index (χ4v) is 4.08. The van der Waals surface area contributed by atoms with Gasteiger partial charge in [-0.25, -0.2) is 0 Å². The minimum absolute atomic E-state index is 0.535. The van der Waals surface area contributed by atoms with Gasteiger partial charge in [-0.2, -0.15) is 11.8 Å². The summed E-state index contributed by atoms with van der Waals surface area (Å²) in [4.78, 5) is 3.20. The van der Waals surface area contributed by atoms with E-state index in [4.69, 9.17) is 0 Å². The molecule has 0 spiro atoms. The summed E-state index contributed by atoms with van der Waals surface area (Å²) in [6, 6.07) is 2.98. The number of aryl methyl sites for hydroxylation is 2. The fraction of sp³-hybridized carbons (Fsp3) is 0.714. The minimum atomic E-state index is 0.535. The average molecular weight is 269 g/mol. The highest BCUT2D eigenvalue weighted by molar-refractivity contribution is 7.98. The van der Waals surface area contributed by atoms with E-state index in [0.29, 0.717) is 6.04 Å². The van der Waals surface area contributed by atoms with Crippen LogP contribution in [0.2, 0.25) is 0 Å². The Balaban J connectivity index is 1.86. The van der Waals surface area contributed by atoms with Crippen molar-refractivity contribution in [1.82, 2.24) is 5.32 Å². The second-order valence-corrected chi connectivity index (χ2v) is 6.98. The molecule has 0 aliphatic heterocycles. The van der Waals surface area contributed by atoms with Crippen molar-refractivity contribution < 1.29 is 0 Å². The summed E-state index contributed by atoms with van der Waals surface area (Å²) in [5, 5.41) is 3.64. The highest BCUT2D eigenvalue weighted by Crippen LogP contribution is 2.32. The zero-order chi connectivity index (χ0) is 12.1. The molecule has 1 atom stereocenters. The van der Waals surface area contributed by atoms with E-state index in [1.807, 2.05) is 23.1 Å². The molecule has 0 amide bonds. The van der Waals surface area contributed by atoms with Crippen LogP contribution >= 0.6 is 23.1 Å². The van der Waals surface area contributed by atoms with E-state index in [1.54, 1.807) is 15.3 Å². The molecule has 0 saturated carbocycles. The molecule has 0 aromatic carbocycles. The topological polar surface area (TPSA) is 12.0 Å². The Labute approximate surface area is 113 Å². The molecular weight excluding hydrogens is 246 g/mol. The third-order valence-electron chi connectivity index (χ3n) is 3.42. The van der Waals surface area contributed by atoms with Crippen molar-refractivity contribution in [2.24, 2.45) is 0 Å². The van der Waals surface area contributed by atoms with E-state index in [1.165, 1.54) is 37.9 Å². The number of nitrogens with one attached hydrogen (secondary N) is 1. The molecule has 2 rings (SSSR count). The fourth-order valence-electron chi connectivity index (χ4n) is 2.36. The molecule has 0 bridgehead atoms. The Kier molecular flexibility index (Phi) is 5.39. The van der Waals surface area contributed by atoms with Gasteiger partial charge >= 0.3 is 0 Å². The van der Waals surface area contributed by atoms with Gasteiger partial charge in [-0.15, -0.1) is 11.3 Å². The highest BCUT2D eigenvalue weighted by atomic mass is 32.2. The SMILES string of the molecule is CSCCCNC(C)c1cc2c(s1)CCCC2. The molecule has 1 nitrogen and oxygen atoms in total. The van der Waals surface area contributed by atoms with E-state index in [9.17, 15) is 0 Å². The Morgan fingerprint density at radius 3 is 3.00 bits per heavy atom. The van der Waals surface area contributed by atoms with Crippen LogP contribution in [-0.2, 0) is 12.8 Å². The molecule has 3 heteroatoms. The molecule has 1 aliphatic rings. The highest BCUT2D eigenvalue weighted by Gasteiger charge is 2.15. The first-order chi connectivity index (χ1) is 8.31. The standard InChI is InChI=1S/C14H23NS2/c1-11(15-8-5-9-16-2)14-10-12-6-3-4-7-13(12)17-14/h10-11,15H,3-9H2,1-2H3. The van der Waals surface area contributed by atoms with Crippen LogP contribution < -0.4 is 5.32 Å². The van der Waals surface area contributed by atoms with E-state index in [-0.39, 0.29) is 0 Å². The van der Waals surface area contributed by atoms with Crippen LogP contribution in [0.3, 0.4) is 0 Å². The van der Waals surface area contributed by atoms with Gasteiger partial charge in [0.1, 0.15) is 0 Å². The van der Waals surface area contributed by atoms with E-state index in [2.05, 4.69) is 24.6 Å². The molecule has 1 aromatic rings. The molecule has 1 unspecified atom stereocenters. The maximum atomic E-state index is 3.64. The molecule has 1 N–H and O–H groups in total. The third kappa shape index (κ3) is 3.73. The summed E-state index contributed by atoms with van der Waals surface area (Å²) in [5.41, 5.74) is 1.63. The van der Waals surface area contributed by atoms with Gasteiger partial charge in [0, 0.05) is 15.8 Å². The number of hydrogen-bond acceptors (Lipinski definition) is 3. The lowest BCUT2D eigenvalue weighted by molar-refractivity contribution is 0.580. The molecule has 1 aliphatic carbocycles. The second-order valence-electron chi connectivity index (χ2n) is 4.83. The predicted molar refractivity (Wildman–Crippen MR) is 80.4 cm³/mol. The van der Waals surface area contributed by atoms with Crippen LogP contribution in [-0.4, -0.2) is 18.6 Å². The van der Waals surface area contributed by atoms with E-state index >= 15 is 0 Å². The summed E-state index contributed by atoms with van der Waals surface area (Å²) in [7, 11) is 0. The molecule has 0 fully saturated rings. The number of thioether (sulfide) groups is 1. The third-order valence-corrected chi connectivity index (χ3v) is 5.53. The molecule has 1 heterocycles. The Morgan fingerprint density at radius 2 is 2.24 bits per heavy atom. The van der Waals surface area contributed by atoms with Crippen LogP contribution in [0.4, 0.5) is 0 Å². The molecular formula is C14H23NS2. The van der Waals surface area contributed by atoms with Gasteiger partial charge in [0.05, 0.1) is 0 Å². The van der Waals surface area contributed by atoms with Gasteiger partial charge in [-0.1, -0.05) is 0 Å². The maximum absolute atomic E-state index is 3.64. The molecule has 17 heavy (non-hydrogen) atoms. The normalized spacial score (nSPS) is 16.8. The first kappa shape index (κ1) is 13.4. The van der Waals surface area contributed by atoms with Gasteiger partial charge in [0.25, 0.3) is 0 Å². The van der Waals surface area contributed by atoms with Gasteiger partial charge in [-0.3, -0.25) is 0 Å². The van der Waals surface area contributed by atoms with Crippen LogP contribution in [0.5, 0.6) is 0 Å². The monoisotopic (exact) mass is 269 g/mol. The molecule has 1 aromatic heterocycles. The number of fused-ring (bicyclic) bond motifs is 1.